The average Bonchev–Trinajstić information content (AvgIpc) is 2.31. The number of hydrogen-bond acceptors (Lipinski definition) is 1. The molecule has 0 amide bonds. The number of nitrogens with zero attached hydrogens (tertiary/aromatic N) is 1. The minimum atomic E-state index is 0.248. The summed E-state index contributed by atoms with van der Waals surface area (Å²) in [6.07, 6.45) is 4.30. The maximum atomic E-state index is 8.88. The third-order valence-electron chi connectivity index (χ3n) is 3.11. The zero-order valence-corrected chi connectivity index (χ0v) is 10.3. The molecular formula is C15H21N. The van der Waals surface area contributed by atoms with Crippen molar-refractivity contribution in [2.75, 3.05) is 0 Å². The van der Waals surface area contributed by atoms with Crippen molar-refractivity contribution in [1.82, 2.24) is 0 Å². The molecule has 16 heavy (non-hydrogen) atoms. The van der Waals surface area contributed by atoms with Crippen LogP contribution in [-0.2, 0) is 6.42 Å². The second kappa shape index (κ2) is 7.06. The summed E-state index contributed by atoms with van der Waals surface area (Å²) in [5.74, 6) is 0.919. The van der Waals surface area contributed by atoms with Crippen LogP contribution in [0.4, 0.5) is 0 Å². The fraction of sp³-hybridized carbons (Fsp3) is 0.533. The van der Waals surface area contributed by atoms with Crippen molar-refractivity contribution in [2.45, 2.75) is 39.5 Å². The quantitative estimate of drug-likeness (QED) is 0.698. The largest absolute Gasteiger partial charge is 0.198 e. The lowest BCUT2D eigenvalue weighted by Crippen LogP contribution is -2.03. The summed E-state index contributed by atoms with van der Waals surface area (Å²) in [4.78, 5) is 0. The lowest BCUT2D eigenvalue weighted by Gasteiger charge is -2.13. The molecule has 0 N–H and O–H groups in total. The van der Waals surface area contributed by atoms with Crippen LogP contribution in [0.3, 0.4) is 0 Å². The summed E-state index contributed by atoms with van der Waals surface area (Å²) in [5, 5.41) is 8.88. The Morgan fingerprint density at radius 3 is 2.44 bits per heavy atom. The van der Waals surface area contributed by atoms with E-state index < -0.39 is 0 Å². The van der Waals surface area contributed by atoms with Gasteiger partial charge in [0.15, 0.2) is 0 Å². The summed E-state index contributed by atoms with van der Waals surface area (Å²) >= 11 is 0. The van der Waals surface area contributed by atoms with E-state index in [1.165, 1.54) is 5.56 Å². The molecule has 2 atom stereocenters. The van der Waals surface area contributed by atoms with Crippen molar-refractivity contribution in [3.63, 3.8) is 0 Å². The van der Waals surface area contributed by atoms with Gasteiger partial charge in [-0.15, -0.1) is 0 Å². The molecule has 0 aliphatic heterocycles. The van der Waals surface area contributed by atoms with Crippen LogP contribution in [0, 0.1) is 23.2 Å². The van der Waals surface area contributed by atoms with Gasteiger partial charge in [-0.25, -0.2) is 0 Å². The van der Waals surface area contributed by atoms with Crippen LogP contribution in [0.15, 0.2) is 30.3 Å². The fourth-order valence-corrected chi connectivity index (χ4v) is 1.96. The molecule has 0 heterocycles. The first-order chi connectivity index (χ1) is 7.76. The van der Waals surface area contributed by atoms with E-state index in [2.05, 4.69) is 50.2 Å². The summed E-state index contributed by atoms with van der Waals surface area (Å²) < 4.78 is 0. The van der Waals surface area contributed by atoms with E-state index in [0.717, 1.165) is 25.7 Å². The molecule has 1 nitrogen and oxygen atoms in total. The molecule has 0 aliphatic rings. The second-order valence-electron chi connectivity index (χ2n) is 4.61. The molecule has 0 aromatic heterocycles. The van der Waals surface area contributed by atoms with Gasteiger partial charge in [0.25, 0.3) is 0 Å². The molecule has 0 fully saturated rings. The molecule has 2 unspecified atom stereocenters. The van der Waals surface area contributed by atoms with E-state index in [9.17, 15) is 0 Å². The van der Waals surface area contributed by atoms with E-state index in [4.69, 9.17) is 5.26 Å². The van der Waals surface area contributed by atoms with Crippen LogP contribution in [0.1, 0.15) is 38.7 Å². The third-order valence-corrected chi connectivity index (χ3v) is 3.11. The fourth-order valence-electron chi connectivity index (χ4n) is 1.96. The molecule has 1 heteroatoms. The maximum Gasteiger partial charge on any atom is 0.0655 e. The smallest absolute Gasteiger partial charge is 0.0655 e. The first-order valence-electron chi connectivity index (χ1n) is 6.19. The molecule has 1 aromatic carbocycles. The predicted octanol–water partition coefficient (Wildman–Crippen LogP) is 4.20. The summed E-state index contributed by atoms with van der Waals surface area (Å²) in [6, 6.07) is 13.0. The molecule has 1 rings (SSSR count). The van der Waals surface area contributed by atoms with Crippen molar-refractivity contribution in [1.29, 1.82) is 5.26 Å². The van der Waals surface area contributed by atoms with Gasteiger partial charge in [-0.2, -0.15) is 5.26 Å². The number of rotatable bonds is 6. The highest BCUT2D eigenvalue weighted by Gasteiger charge is 2.08. The van der Waals surface area contributed by atoms with Crippen LogP contribution in [0.25, 0.3) is 0 Å². The van der Waals surface area contributed by atoms with E-state index in [1.54, 1.807) is 0 Å². The standard InChI is InChI=1S/C15H21N/c1-3-14(12-16)10-9-13(2)11-15-7-5-4-6-8-15/h4-8,13-14H,3,9-11H2,1-2H3. The lowest BCUT2D eigenvalue weighted by atomic mass is 9.92. The zero-order valence-electron chi connectivity index (χ0n) is 10.3. The first-order valence-corrected chi connectivity index (χ1v) is 6.19. The van der Waals surface area contributed by atoms with E-state index in [1.807, 2.05) is 0 Å². The molecule has 0 spiro atoms. The second-order valence-corrected chi connectivity index (χ2v) is 4.61. The summed E-state index contributed by atoms with van der Waals surface area (Å²) in [6.45, 7) is 4.37. The van der Waals surface area contributed by atoms with Gasteiger partial charge in [-0.1, -0.05) is 44.2 Å². The Hall–Kier alpha value is -1.29. The SMILES string of the molecule is CCC(C#N)CCC(C)Cc1ccccc1. The van der Waals surface area contributed by atoms with Gasteiger partial charge in [0.2, 0.25) is 0 Å². The van der Waals surface area contributed by atoms with Crippen LogP contribution >= 0.6 is 0 Å². The van der Waals surface area contributed by atoms with Crippen LogP contribution in [0.2, 0.25) is 0 Å². The van der Waals surface area contributed by atoms with Crippen LogP contribution in [-0.4, -0.2) is 0 Å². The van der Waals surface area contributed by atoms with Crippen LogP contribution in [0.5, 0.6) is 0 Å². The van der Waals surface area contributed by atoms with Crippen LogP contribution < -0.4 is 0 Å². The lowest BCUT2D eigenvalue weighted by molar-refractivity contribution is 0.452. The molecule has 86 valence electrons. The predicted molar refractivity (Wildman–Crippen MR) is 67.9 cm³/mol. The van der Waals surface area contributed by atoms with E-state index in [0.29, 0.717) is 5.92 Å². The Bertz CT molecular complexity index is 323. The van der Waals surface area contributed by atoms with Gasteiger partial charge in [0.05, 0.1) is 6.07 Å². The Morgan fingerprint density at radius 1 is 1.19 bits per heavy atom. The first kappa shape index (κ1) is 12.8. The Balaban J connectivity index is 2.32. The molecule has 0 radical (unpaired) electrons. The molecular weight excluding hydrogens is 194 g/mol. The van der Waals surface area contributed by atoms with Gasteiger partial charge in [0, 0.05) is 5.92 Å². The minimum absolute atomic E-state index is 0.248. The average molecular weight is 215 g/mol. The maximum absolute atomic E-state index is 8.88. The van der Waals surface area contributed by atoms with Gasteiger partial charge in [0.1, 0.15) is 0 Å². The number of benzene rings is 1. The monoisotopic (exact) mass is 215 g/mol. The van der Waals surface area contributed by atoms with E-state index >= 15 is 0 Å². The highest BCUT2D eigenvalue weighted by molar-refractivity contribution is 5.15. The Labute approximate surface area is 99.1 Å². The van der Waals surface area contributed by atoms with E-state index in [-0.39, 0.29) is 5.92 Å². The van der Waals surface area contributed by atoms with Crippen molar-refractivity contribution in [3.05, 3.63) is 35.9 Å². The highest BCUT2D eigenvalue weighted by atomic mass is 14.3. The van der Waals surface area contributed by atoms with Gasteiger partial charge >= 0.3 is 0 Å². The Morgan fingerprint density at radius 2 is 1.88 bits per heavy atom. The molecule has 0 saturated carbocycles. The summed E-state index contributed by atoms with van der Waals surface area (Å²) in [5.41, 5.74) is 1.40. The van der Waals surface area contributed by atoms with Crippen molar-refractivity contribution in [3.8, 4) is 6.07 Å². The summed E-state index contributed by atoms with van der Waals surface area (Å²) in [7, 11) is 0. The van der Waals surface area contributed by atoms with Gasteiger partial charge < -0.3 is 0 Å². The minimum Gasteiger partial charge on any atom is -0.198 e. The normalized spacial score (nSPS) is 14.1. The number of nitriles is 1. The van der Waals surface area contributed by atoms with Crippen molar-refractivity contribution >= 4 is 0 Å². The molecule has 0 aliphatic carbocycles. The Kier molecular flexibility index (Phi) is 5.64. The van der Waals surface area contributed by atoms with Crippen molar-refractivity contribution in [2.24, 2.45) is 11.8 Å². The van der Waals surface area contributed by atoms with Gasteiger partial charge in [-0.05, 0) is 37.2 Å². The molecule has 1 aromatic rings. The molecule has 0 bridgehead atoms. The topological polar surface area (TPSA) is 23.8 Å². The highest BCUT2D eigenvalue weighted by Crippen LogP contribution is 2.18. The third kappa shape index (κ3) is 4.49. The van der Waals surface area contributed by atoms with Crippen molar-refractivity contribution < 1.29 is 0 Å². The van der Waals surface area contributed by atoms with Gasteiger partial charge in [-0.3, -0.25) is 0 Å². The number of hydrogen-bond donors (Lipinski definition) is 0. The molecule has 0 saturated heterocycles. The zero-order chi connectivity index (χ0) is 11.8.